The normalized spacial score (nSPS) is 11.4. The van der Waals surface area contributed by atoms with Gasteiger partial charge < -0.3 is 4.42 Å². The van der Waals surface area contributed by atoms with Gasteiger partial charge in [0.15, 0.2) is 17.5 Å². The number of nitrogens with zero attached hydrogens (tertiary/aromatic N) is 3. The van der Waals surface area contributed by atoms with Crippen molar-refractivity contribution < 1.29 is 4.42 Å². The predicted molar refractivity (Wildman–Crippen MR) is 243 cm³/mol. The van der Waals surface area contributed by atoms with Crippen molar-refractivity contribution >= 4 is 32.7 Å². The van der Waals surface area contributed by atoms with Crippen LogP contribution in [0.25, 0.3) is 111 Å². The fourth-order valence-electron chi connectivity index (χ4n) is 8.18. The number of fused-ring (bicyclic) bond motifs is 4. The first kappa shape index (κ1) is 34.3. The van der Waals surface area contributed by atoms with Crippen LogP contribution in [0.15, 0.2) is 217 Å². The maximum atomic E-state index is 6.51. The zero-order valence-corrected chi connectivity index (χ0v) is 32.0. The highest BCUT2D eigenvalue weighted by Gasteiger charge is 2.17. The van der Waals surface area contributed by atoms with Crippen LogP contribution >= 0.6 is 0 Å². The summed E-state index contributed by atoms with van der Waals surface area (Å²) in [6.07, 6.45) is 0. The first-order valence-electron chi connectivity index (χ1n) is 19.8. The second kappa shape index (κ2) is 14.5. The van der Waals surface area contributed by atoms with Gasteiger partial charge in [-0.2, -0.15) is 0 Å². The summed E-state index contributed by atoms with van der Waals surface area (Å²) < 4.78 is 6.51. The van der Waals surface area contributed by atoms with E-state index in [1.165, 1.54) is 27.5 Å². The first-order chi connectivity index (χ1) is 29.2. The smallest absolute Gasteiger partial charge is 0.164 e. The van der Waals surface area contributed by atoms with Crippen LogP contribution in [0.4, 0.5) is 0 Å². The van der Waals surface area contributed by atoms with Crippen molar-refractivity contribution in [3.05, 3.63) is 212 Å². The number of rotatable bonds is 7. The van der Waals surface area contributed by atoms with E-state index in [1.807, 2.05) is 18.2 Å². The van der Waals surface area contributed by atoms with E-state index in [-0.39, 0.29) is 0 Å². The second-order valence-corrected chi connectivity index (χ2v) is 14.8. The van der Waals surface area contributed by atoms with E-state index in [1.54, 1.807) is 0 Å². The Morgan fingerprint density at radius 3 is 1.46 bits per heavy atom. The monoisotopic (exact) mass is 753 g/mol. The van der Waals surface area contributed by atoms with Crippen molar-refractivity contribution in [2.45, 2.75) is 0 Å². The summed E-state index contributed by atoms with van der Waals surface area (Å²) in [5.41, 5.74) is 13.6. The molecule has 11 rings (SSSR count). The third-order valence-electron chi connectivity index (χ3n) is 11.2. The SMILES string of the molecule is c1ccc(-c2cccc(-c3ccc(-c4nc(-c5ccc(-c6cccc7ccccc67)cc5)nc(-c5ccc6c(c5)oc5cccc(-c7ccccc7)c56)n4)cc3)c2)cc1. The Labute approximate surface area is 341 Å². The van der Waals surface area contributed by atoms with Crippen molar-refractivity contribution in [2.24, 2.45) is 0 Å². The maximum absolute atomic E-state index is 6.51. The number of benzene rings is 9. The molecule has 0 atom stereocenters. The van der Waals surface area contributed by atoms with Crippen molar-refractivity contribution in [1.82, 2.24) is 15.0 Å². The van der Waals surface area contributed by atoms with Crippen molar-refractivity contribution in [3.63, 3.8) is 0 Å². The summed E-state index contributed by atoms with van der Waals surface area (Å²) in [6, 6.07) is 74.1. The number of hydrogen-bond donors (Lipinski definition) is 0. The zero-order valence-electron chi connectivity index (χ0n) is 32.0. The van der Waals surface area contributed by atoms with Gasteiger partial charge in [0.2, 0.25) is 0 Å². The summed E-state index contributed by atoms with van der Waals surface area (Å²) in [5.74, 6) is 1.78. The lowest BCUT2D eigenvalue weighted by Gasteiger charge is -2.11. The Balaban J connectivity index is 1.01. The molecular weight excluding hydrogens is 719 g/mol. The molecule has 2 heterocycles. The third-order valence-corrected chi connectivity index (χ3v) is 11.2. The van der Waals surface area contributed by atoms with Gasteiger partial charge in [-0.25, -0.2) is 15.0 Å². The summed E-state index contributed by atoms with van der Waals surface area (Å²) >= 11 is 0. The fraction of sp³-hybridized carbons (Fsp3) is 0. The van der Waals surface area contributed by atoms with Crippen molar-refractivity contribution in [1.29, 1.82) is 0 Å². The van der Waals surface area contributed by atoms with Crippen LogP contribution in [0.5, 0.6) is 0 Å². The quantitative estimate of drug-likeness (QED) is 0.163. The van der Waals surface area contributed by atoms with Gasteiger partial charge in [-0.1, -0.05) is 188 Å². The van der Waals surface area contributed by atoms with Gasteiger partial charge in [0.05, 0.1) is 0 Å². The topological polar surface area (TPSA) is 51.8 Å². The van der Waals surface area contributed by atoms with Gasteiger partial charge in [-0.05, 0) is 79.5 Å². The molecule has 0 N–H and O–H groups in total. The molecule has 0 bridgehead atoms. The van der Waals surface area contributed by atoms with Crippen LogP contribution in [0.3, 0.4) is 0 Å². The average Bonchev–Trinajstić information content (AvgIpc) is 3.70. The molecule has 0 aliphatic rings. The van der Waals surface area contributed by atoms with Gasteiger partial charge in [0, 0.05) is 27.5 Å². The van der Waals surface area contributed by atoms with Crippen LogP contribution < -0.4 is 0 Å². The van der Waals surface area contributed by atoms with E-state index in [9.17, 15) is 0 Å². The molecule has 0 saturated heterocycles. The van der Waals surface area contributed by atoms with Crippen LogP contribution in [0.2, 0.25) is 0 Å². The van der Waals surface area contributed by atoms with E-state index < -0.39 is 0 Å². The molecule has 0 amide bonds. The summed E-state index contributed by atoms with van der Waals surface area (Å²) in [7, 11) is 0. The third kappa shape index (κ3) is 6.43. The molecule has 4 nitrogen and oxygen atoms in total. The molecule has 276 valence electrons. The number of aromatic nitrogens is 3. The van der Waals surface area contributed by atoms with Gasteiger partial charge in [0.25, 0.3) is 0 Å². The van der Waals surface area contributed by atoms with E-state index in [0.29, 0.717) is 17.5 Å². The largest absolute Gasteiger partial charge is 0.456 e. The molecule has 0 radical (unpaired) electrons. The Bertz CT molecular complexity index is 3290. The van der Waals surface area contributed by atoms with Crippen LogP contribution in [0.1, 0.15) is 0 Å². The van der Waals surface area contributed by atoms with Crippen LogP contribution in [-0.2, 0) is 0 Å². The Kier molecular flexibility index (Phi) is 8.45. The van der Waals surface area contributed by atoms with Crippen LogP contribution in [-0.4, -0.2) is 15.0 Å². The molecule has 11 aromatic rings. The van der Waals surface area contributed by atoms with E-state index in [2.05, 4.69) is 194 Å². The lowest BCUT2D eigenvalue weighted by molar-refractivity contribution is 0.669. The molecule has 0 aliphatic heterocycles. The van der Waals surface area contributed by atoms with E-state index >= 15 is 0 Å². The highest BCUT2D eigenvalue weighted by Crippen LogP contribution is 2.39. The standard InChI is InChI=1S/C55H35N3O/c1-3-12-36(13-4-1)43-18-9-19-44(34-43)37-24-28-41(29-25-37)53-56-54(42-30-26-40(27-31-42)47-21-10-17-38-16-7-8-20-46(38)47)58-55(57-53)45-32-33-49-51(35-45)59-50-23-11-22-48(52(49)50)39-14-5-2-6-15-39/h1-35H. The molecule has 0 aliphatic carbocycles. The molecule has 4 heteroatoms. The number of furan rings is 1. The second-order valence-electron chi connectivity index (χ2n) is 14.8. The molecule has 59 heavy (non-hydrogen) atoms. The van der Waals surface area contributed by atoms with E-state index in [4.69, 9.17) is 19.4 Å². The van der Waals surface area contributed by atoms with Gasteiger partial charge >= 0.3 is 0 Å². The maximum Gasteiger partial charge on any atom is 0.164 e. The Morgan fingerprint density at radius 1 is 0.271 bits per heavy atom. The lowest BCUT2D eigenvalue weighted by atomic mass is 9.97. The Hall–Kier alpha value is -7.95. The lowest BCUT2D eigenvalue weighted by Crippen LogP contribution is -2.00. The average molecular weight is 754 g/mol. The van der Waals surface area contributed by atoms with Gasteiger partial charge in [-0.15, -0.1) is 0 Å². The zero-order chi connectivity index (χ0) is 39.1. The fourth-order valence-corrected chi connectivity index (χ4v) is 8.18. The Morgan fingerprint density at radius 2 is 0.746 bits per heavy atom. The molecular formula is C55H35N3O. The predicted octanol–water partition coefficient (Wildman–Crippen LogP) is 14.6. The van der Waals surface area contributed by atoms with Gasteiger partial charge in [0.1, 0.15) is 11.2 Å². The molecule has 0 spiro atoms. The minimum atomic E-state index is 0.577. The molecule has 0 fully saturated rings. The highest BCUT2D eigenvalue weighted by molar-refractivity contribution is 6.13. The minimum Gasteiger partial charge on any atom is -0.456 e. The van der Waals surface area contributed by atoms with Crippen LogP contribution in [0, 0.1) is 0 Å². The van der Waals surface area contributed by atoms with Crippen molar-refractivity contribution in [2.75, 3.05) is 0 Å². The summed E-state index contributed by atoms with van der Waals surface area (Å²) in [4.78, 5) is 15.3. The highest BCUT2D eigenvalue weighted by atomic mass is 16.3. The van der Waals surface area contributed by atoms with E-state index in [0.717, 1.165) is 66.4 Å². The number of hydrogen-bond acceptors (Lipinski definition) is 4. The molecule has 2 aromatic heterocycles. The summed E-state index contributed by atoms with van der Waals surface area (Å²) in [6.45, 7) is 0. The molecule has 0 saturated carbocycles. The molecule has 0 unspecified atom stereocenters. The first-order valence-corrected chi connectivity index (χ1v) is 19.8. The van der Waals surface area contributed by atoms with Crippen molar-refractivity contribution in [3.8, 4) is 78.7 Å². The van der Waals surface area contributed by atoms with Gasteiger partial charge in [-0.3, -0.25) is 0 Å². The molecule has 9 aromatic carbocycles. The minimum absolute atomic E-state index is 0.577. The summed E-state index contributed by atoms with van der Waals surface area (Å²) in [5, 5.41) is 4.58.